The highest BCUT2D eigenvalue weighted by Gasteiger charge is 2.34. The van der Waals surface area contributed by atoms with Gasteiger partial charge in [-0.3, -0.25) is 13.9 Å². The second-order valence-corrected chi connectivity index (χ2v) is 13.2. The molecular formula is C32H37Cl2N3O5S. The van der Waals surface area contributed by atoms with Crippen LogP contribution in [0.1, 0.15) is 51.5 Å². The zero-order valence-corrected chi connectivity index (χ0v) is 26.7. The molecule has 0 radical (unpaired) electrons. The summed E-state index contributed by atoms with van der Waals surface area (Å²) in [5, 5.41) is 3.77. The molecule has 1 unspecified atom stereocenters. The molecule has 0 aliphatic heterocycles. The van der Waals surface area contributed by atoms with Gasteiger partial charge in [-0.05, 0) is 68.7 Å². The first-order chi connectivity index (χ1) is 20.6. The number of amides is 2. The van der Waals surface area contributed by atoms with Gasteiger partial charge in [0.2, 0.25) is 11.8 Å². The second-order valence-electron chi connectivity index (χ2n) is 10.5. The van der Waals surface area contributed by atoms with E-state index in [2.05, 4.69) is 5.32 Å². The minimum atomic E-state index is -4.21. The topological polar surface area (TPSA) is 96.0 Å². The number of anilines is 1. The number of hydrogen-bond donors (Lipinski definition) is 1. The molecule has 0 spiro atoms. The Bertz CT molecular complexity index is 1510. The lowest BCUT2D eigenvalue weighted by Gasteiger charge is -2.33. The fraction of sp³-hybridized carbons (Fsp3) is 0.375. The number of halogens is 2. The van der Waals surface area contributed by atoms with Crippen LogP contribution < -0.4 is 14.4 Å². The monoisotopic (exact) mass is 645 g/mol. The van der Waals surface area contributed by atoms with E-state index in [4.69, 9.17) is 27.9 Å². The average Bonchev–Trinajstić information content (AvgIpc) is 3.01. The van der Waals surface area contributed by atoms with Gasteiger partial charge in [0.05, 0.1) is 27.2 Å². The van der Waals surface area contributed by atoms with E-state index >= 15 is 0 Å². The molecule has 1 atom stereocenters. The minimum Gasteiger partial charge on any atom is -0.492 e. The van der Waals surface area contributed by atoms with Gasteiger partial charge < -0.3 is 15.0 Å². The summed E-state index contributed by atoms with van der Waals surface area (Å²) in [5.41, 5.74) is 0.864. The zero-order valence-electron chi connectivity index (χ0n) is 24.3. The van der Waals surface area contributed by atoms with Crippen molar-refractivity contribution in [2.75, 3.05) is 17.5 Å². The molecule has 3 aromatic rings. The maximum Gasteiger partial charge on any atom is 0.264 e. The number of rotatable bonds is 12. The molecule has 2 amide bonds. The van der Waals surface area contributed by atoms with E-state index in [-0.39, 0.29) is 29.1 Å². The molecular weight excluding hydrogens is 609 g/mol. The third-order valence-electron chi connectivity index (χ3n) is 7.50. The highest BCUT2D eigenvalue weighted by molar-refractivity contribution is 7.92. The number of para-hydroxylation sites is 2. The molecule has 1 aliphatic carbocycles. The first-order valence-corrected chi connectivity index (χ1v) is 16.6. The van der Waals surface area contributed by atoms with Gasteiger partial charge in [-0.2, -0.15) is 0 Å². The summed E-state index contributed by atoms with van der Waals surface area (Å²) < 4.78 is 34.9. The lowest BCUT2D eigenvalue weighted by molar-refractivity contribution is -0.139. The standard InChI is InChI=1S/C32H37Cl2N3O5S/c1-3-42-30-17-11-10-16-29(30)37(43(40,41)26-14-8-5-9-15-26)22-31(38)36(21-24-18-19-27(33)28(34)20-24)23(2)32(39)35-25-12-6-4-7-13-25/h5,8-11,14-20,23,25H,3-4,6-7,12-13,21-22H2,1-2H3,(H,35,39). The maximum absolute atomic E-state index is 14.2. The minimum absolute atomic E-state index is 0.0152. The van der Waals surface area contributed by atoms with Gasteiger partial charge in [-0.15, -0.1) is 0 Å². The number of benzene rings is 3. The van der Waals surface area contributed by atoms with Crippen LogP contribution in [0.2, 0.25) is 10.0 Å². The Morgan fingerprint density at radius 3 is 2.30 bits per heavy atom. The second kappa shape index (κ2) is 14.9. The molecule has 11 heteroatoms. The van der Waals surface area contributed by atoms with Gasteiger partial charge >= 0.3 is 0 Å². The molecule has 3 aromatic carbocycles. The van der Waals surface area contributed by atoms with E-state index < -0.39 is 28.5 Å². The zero-order chi connectivity index (χ0) is 31.0. The number of nitrogens with one attached hydrogen (secondary N) is 1. The van der Waals surface area contributed by atoms with E-state index in [1.54, 1.807) is 74.5 Å². The summed E-state index contributed by atoms with van der Waals surface area (Å²) in [6.45, 7) is 3.19. The largest absolute Gasteiger partial charge is 0.492 e. The Morgan fingerprint density at radius 1 is 0.953 bits per heavy atom. The molecule has 4 rings (SSSR count). The third kappa shape index (κ3) is 8.22. The molecule has 230 valence electrons. The Morgan fingerprint density at radius 2 is 1.63 bits per heavy atom. The van der Waals surface area contributed by atoms with Crippen molar-refractivity contribution in [1.29, 1.82) is 0 Å². The van der Waals surface area contributed by atoms with Gasteiger partial charge in [0.25, 0.3) is 10.0 Å². The molecule has 0 heterocycles. The van der Waals surface area contributed by atoms with E-state index in [9.17, 15) is 18.0 Å². The molecule has 1 saturated carbocycles. The van der Waals surface area contributed by atoms with Crippen LogP contribution in [0.25, 0.3) is 0 Å². The number of carbonyl (C=O) groups excluding carboxylic acids is 2. The van der Waals surface area contributed by atoms with E-state index in [1.807, 2.05) is 0 Å². The van der Waals surface area contributed by atoms with Crippen LogP contribution >= 0.6 is 23.2 Å². The summed E-state index contributed by atoms with van der Waals surface area (Å²) in [5.74, 6) is -0.549. The number of hydrogen-bond acceptors (Lipinski definition) is 5. The van der Waals surface area contributed by atoms with Crippen molar-refractivity contribution < 1.29 is 22.7 Å². The molecule has 0 bridgehead atoms. The number of nitrogens with zero attached hydrogens (tertiary/aromatic N) is 2. The van der Waals surface area contributed by atoms with E-state index in [1.165, 1.54) is 17.0 Å². The molecule has 1 aliphatic rings. The van der Waals surface area contributed by atoms with Gasteiger partial charge in [-0.1, -0.05) is 78.9 Å². The third-order valence-corrected chi connectivity index (χ3v) is 10.0. The van der Waals surface area contributed by atoms with Gasteiger partial charge in [0.15, 0.2) is 0 Å². The smallest absolute Gasteiger partial charge is 0.264 e. The first kappa shape index (κ1) is 32.6. The predicted molar refractivity (Wildman–Crippen MR) is 170 cm³/mol. The highest BCUT2D eigenvalue weighted by Crippen LogP contribution is 2.33. The molecule has 8 nitrogen and oxygen atoms in total. The van der Waals surface area contributed by atoms with Gasteiger partial charge in [0.1, 0.15) is 18.3 Å². The Hall–Kier alpha value is -3.27. The van der Waals surface area contributed by atoms with Crippen molar-refractivity contribution in [3.05, 3.63) is 88.4 Å². The summed E-state index contributed by atoms with van der Waals surface area (Å²) >= 11 is 12.4. The Balaban J connectivity index is 1.72. The van der Waals surface area contributed by atoms with Crippen LogP contribution in [0, 0.1) is 0 Å². The Labute approximate surface area is 264 Å². The number of sulfonamides is 1. The molecule has 1 N–H and O–H groups in total. The van der Waals surface area contributed by atoms with Crippen molar-refractivity contribution in [2.24, 2.45) is 0 Å². The SMILES string of the molecule is CCOc1ccccc1N(CC(=O)N(Cc1ccc(Cl)c(Cl)c1)C(C)C(=O)NC1CCCCC1)S(=O)(=O)c1ccccc1. The molecule has 0 saturated heterocycles. The van der Waals surface area contributed by atoms with E-state index in [0.29, 0.717) is 28.0 Å². The fourth-order valence-corrected chi connectivity index (χ4v) is 6.93. The number of carbonyl (C=O) groups is 2. The summed E-state index contributed by atoms with van der Waals surface area (Å²) in [6.07, 6.45) is 4.99. The van der Waals surface area contributed by atoms with Crippen LogP contribution in [0.15, 0.2) is 77.7 Å². The van der Waals surface area contributed by atoms with Crippen molar-refractivity contribution in [3.8, 4) is 5.75 Å². The molecule has 1 fully saturated rings. The molecule has 43 heavy (non-hydrogen) atoms. The fourth-order valence-electron chi connectivity index (χ4n) is 5.16. The van der Waals surface area contributed by atoms with Crippen LogP contribution in [0.3, 0.4) is 0 Å². The number of ether oxygens (including phenoxy) is 1. The summed E-state index contributed by atoms with van der Waals surface area (Å²) in [6, 6.07) is 18.7. The van der Waals surface area contributed by atoms with Crippen LogP contribution in [-0.2, 0) is 26.2 Å². The predicted octanol–water partition coefficient (Wildman–Crippen LogP) is 6.45. The van der Waals surface area contributed by atoms with Gasteiger partial charge in [0, 0.05) is 12.6 Å². The summed E-state index contributed by atoms with van der Waals surface area (Å²) in [4.78, 5) is 29.1. The maximum atomic E-state index is 14.2. The normalized spacial score (nSPS) is 14.5. The van der Waals surface area contributed by atoms with Crippen molar-refractivity contribution in [1.82, 2.24) is 10.2 Å². The van der Waals surface area contributed by atoms with Crippen molar-refractivity contribution in [2.45, 2.75) is 69.5 Å². The average molecular weight is 647 g/mol. The summed E-state index contributed by atoms with van der Waals surface area (Å²) in [7, 11) is -4.21. The lowest BCUT2D eigenvalue weighted by Crippen LogP contribution is -2.53. The Kier molecular flexibility index (Phi) is 11.3. The molecule has 0 aromatic heterocycles. The van der Waals surface area contributed by atoms with E-state index in [0.717, 1.165) is 36.4 Å². The van der Waals surface area contributed by atoms with Crippen LogP contribution in [0.5, 0.6) is 5.75 Å². The lowest BCUT2D eigenvalue weighted by atomic mass is 9.95. The quantitative estimate of drug-likeness (QED) is 0.244. The van der Waals surface area contributed by atoms with Gasteiger partial charge in [-0.25, -0.2) is 8.42 Å². The van der Waals surface area contributed by atoms with Crippen LogP contribution in [-0.4, -0.2) is 50.4 Å². The van der Waals surface area contributed by atoms with Crippen LogP contribution in [0.4, 0.5) is 5.69 Å². The highest BCUT2D eigenvalue weighted by atomic mass is 35.5. The van der Waals surface area contributed by atoms with Crippen molar-refractivity contribution >= 4 is 50.7 Å². The van der Waals surface area contributed by atoms with Crippen molar-refractivity contribution in [3.63, 3.8) is 0 Å². The first-order valence-electron chi connectivity index (χ1n) is 14.4.